The summed E-state index contributed by atoms with van der Waals surface area (Å²) in [6, 6.07) is 28.1. The Morgan fingerprint density at radius 1 is 0.907 bits per heavy atom. The molecule has 8 nitrogen and oxygen atoms in total. The number of rotatable bonds is 6. The molecule has 214 valence electrons. The van der Waals surface area contributed by atoms with Crippen LogP contribution in [0.3, 0.4) is 0 Å². The van der Waals surface area contributed by atoms with Crippen molar-refractivity contribution in [3.8, 4) is 5.75 Å². The van der Waals surface area contributed by atoms with E-state index in [0.717, 1.165) is 33.2 Å². The molecule has 0 spiro atoms. The van der Waals surface area contributed by atoms with Crippen molar-refractivity contribution >= 4 is 63.0 Å². The molecule has 7 rings (SSSR count). The van der Waals surface area contributed by atoms with Gasteiger partial charge in [-0.3, -0.25) is 19.2 Å². The number of H-pyrrole nitrogens is 1. The van der Waals surface area contributed by atoms with Crippen LogP contribution in [-0.4, -0.2) is 34.6 Å². The Labute approximate surface area is 254 Å². The van der Waals surface area contributed by atoms with Gasteiger partial charge in [-0.1, -0.05) is 83.3 Å². The molecule has 0 saturated carbocycles. The van der Waals surface area contributed by atoms with Crippen molar-refractivity contribution < 1.29 is 19.1 Å². The zero-order valence-electron chi connectivity index (χ0n) is 22.9. The van der Waals surface area contributed by atoms with Gasteiger partial charge < -0.3 is 15.0 Å². The van der Waals surface area contributed by atoms with Crippen LogP contribution in [0, 0.1) is 12.8 Å². The number of carbonyl (C=O) groups is 3. The van der Waals surface area contributed by atoms with E-state index in [-0.39, 0.29) is 29.2 Å². The molecule has 4 aromatic carbocycles. The molecule has 3 atom stereocenters. The fraction of sp³-hybridized carbons (Fsp3) is 0.152. The number of aromatic amines is 1. The maximum absolute atomic E-state index is 13.9. The highest BCUT2D eigenvalue weighted by molar-refractivity contribution is 8.00. The standard InChI is InChI=1S/C33H25N3O5S2/c1-18-9-13-23(14-10-18)36-31(38)27-26(28-30(35-33(40)43-28)42-29(27)32(36)39)21-7-4-8-24(16-21)41-17-25(37)34-22-12-11-19-5-2-3-6-20(19)15-22/h2-16,26-27,29H,17H2,1H3,(H,34,37)(H,35,40)/t26-,27-,29+/m0/s1. The van der Waals surface area contributed by atoms with E-state index in [0.29, 0.717) is 27.0 Å². The summed E-state index contributed by atoms with van der Waals surface area (Å²) >= 11 is 2.29. The number of imide groups is 1. The topological polar surface area (TPSA) is 109 Å². The molecule has 5 aromatic rings. The first kappa shape index (κ1) is 27.2. The van der Waals surface area contributed by atoms with Crippen molar-refractivity contribution in [3.05, 3.63) is 117 Å². The van der Waals surface area contributed by atoms with Crippen LogP contribution in [0.4, 0.5) is 11.4 Å². The number of aryl methyl sites for hydroxylation is 1. The number of benzene rings is 4. The molecule has 0 aliphatic carbocycles. The molecule has 1 fully saturated rings. The number of thiazole rings is 1. The summed E-state index contributed by atoms with van der Waals surface area (Å²) in [6.45, 7) is 1.73. The van der Waals surface area contributed by atoms with Gasteiger partial charge in [-0.15, -0.1) is 0 Å². The Morgan fingerprint density at radius 3 is 2.51 bits per heavy atom. The van der Waals surface area contributed by atoms with E-state index < -0.39 is 17.1 Å². The van der Waals surface area contributed by atoms with E-state index in [1.165, 1.54) is 16.7 Å². The molecule has 3 heterocycles. The summed E-state index contributed by atoms with van der Waals surface area (Å²) in [4.78, 5) is 57.3. The number of ether oxygens (including phenoxy) is 1. The molecule has 1 saturated heterocycles. The molecule has 2 aliphatic heterocycles. The number of thioether (sulfide) groups is 1. The Kier molecular flexibility index (Phi) is 6.87. The van der Waals surface area contributed by atoms with Gasteiger partial charge >= 0.3 is 4.87 Å². The van der Waals surface area contributed by atoms with E-state index >= 15 is 0 Å². The Balaban J connectivity index is 1.14. The van der Waals surface area contributed by atoms with Crippen molar-refractivity contribution in [2.45, 2.75) is 23.1 Å². The molecule has 10 heteroatoms. The van der Waals surface area contributed by atoms with Gasteiger partial charge in [0.1, 0.15) is 11.0 Å². The number of amides is 3. The Bertz CT molecular complexity index is 1970. The zero-order valence-corrected chi connectivity index (χ0v) is 24.5. The summed E-state index contributed by atoms with van der Waals surface area (Å²) in [7, 11) is 0. The van der Waals surface area contributed by atoms with Crippen LogP contribution < -0.4 is 19.8 Å². The van der Waals surface area contributed by atoms with Crippen LogP contribution in [0.5, 0.6) is 5.75 Å². The Morgan fingerprint density at radius 2 is 1.70 bits per heavy atom. The number of carbonyl (C=O) groups excluding carboxylic acids is 3. The Hall–Kier alpha value is -4.67. The number of nitrogens with one attached hydrogen (secondary N) is 2. The highest BCUT2D eigenvalue weighted by Gasteiger charge is 2.56. The van der Waals surface area contributed by atoms with Gasteiger partial charge in [-0.25, -0.2) is 4.90 Å². The number of anilines is 2. The lowest BCUT2D eigenvalue weighted by atomic mass is 9.83. The summed E-state index contributed by atoms with van der Waals surface area (Å²) < 4.78 is 5.87. The van der Waals surface area contributed by atoms with Gasteiger partial charge in [-0.2, -0.15) is 0 Å². The second-order valence-corrected chi connectivity index (χ2v) is 12.7. The monoisotopic (exact) mass is 607 g/mol. The fourth-order valence-corrected chi connectivity index (χ4v) is 8.25. The normalized spacial score (nSPS) is 19.3. The number of nitrogens with zero attached hydrogens (tertiary/aromatic N) is 1. The summed E-state index contributed by atoms with van der Waals surface area (Å²) in [6.07, 6.45) is 0. The SMILES string of the molecule is Cc1ccc(N2C(=O)[C@H]3[C@H](c4cccc(OCC(=O)Nc5ccc6ccccc6c5)c4)c4sc(=O)[nH]c4S[C@H]3C2=O)cc1. The van der Waals surface area contributed by atoms with Crippen molar-refractivity contribution in [1.82, 2.24) is 4.98 Å². The minimum Gasteiger partial charge on any atom is -0.484 e. The maximum Gasteiger partial charge on any atom is 0.305 e. The lowest BCUT2D eigenvalue weighted by Gasteiger charge is -2.30. The van der Waals surface area contributed by atoms with Gasteiger partial charge in [0.05, 0.1) is 16.6 Å². The number of hydrogen-bond acceptors (Lipinski definition) is 7. The average Bonchev–Trinajstić information content (AvgIpc) is 3.50. The highest BCUT2D eigenvalue weighted by atomic mass is 32.2. The second kappa shape index (κ2) is 10.9. The molecule has 0 unspecified atom stereocenters. The van der Waals surface area contributed by atoms with Crippen LogP contribution in [0.2, 0.25) is 0 Å². The van der Waals surface area contributed by atoms with E-state index in [1.807, 2.05) is 67.6 Å². The predicted octanol–water partition coefficient (Wildman–Crippen LogP) is 5.71. The average molecular weight is 608 g/mol. The number of aromatic nitrogens is 1. The molecule has 0 radical (unpaired) electrons. The summed E-state index contributed by atoms with van der Waals surface area (Å²) in [5.41, 5.74) is 2.95. The third kappa shape index (κ3) is 5.02. The first-order valence-corrected chi connectivity index (χ1v) is 15.4. The van der Waals surface area contributed by atoms with Crippen LogP contribution in [-0.2, 0) is 14.4 Å². The van der Waals surface area contributed by atoms with Crippen LogP contribution >= 0.6 is 23.1 Å². The van der Waals surface area contributed by atoms with Crippen molar-refractivity contribution in [2.24, 2.45) is 5.92 Å². The lowest BCUT2D eigenvalue weighted by Crippen LogP contribution is -2.32. The third-order valence-corrected chi connectivity index (χ3v) is 10.1. The quantitative estimate of drug-likeness (QED) is 0.240. The first-order chi connectivity index (χ1) is 20.9. The van der Waals surface area contributed by atoms with Gasteiger partial charge in [0.15, 0.2) is 6.61 Å². The van der Waals surface area contributed by atoms with Gasteiger partial charge in [0.25, 0.3) is 5.91 Å². The molecule has 3 amide bonds. The van der Waals surface area contributed by atoms with Crippen LogP contribution in [0.15, 0.2) is 101 Å². The molecule has 0 bridgehead atoms. The van der Waals surface area contributed by atoms with Crippen molar-refractivity contribution in [3.63, 3.8) is 0 Å². The minimum atomic E-state index is -0.704. The maximum atomic E-state index is 13.9. The fourth-order valence-electron chi connectivity index (χ4n) is 5.74. The molecular formula is C33H25N3O5S2. The summed E-state index contributed by atoms with van der Waals surface area (Å²) in [5, 5.41) is 4.89. The van der Waals surface area contributed by atoms with Crippen LogP contribution in [0.25, 0.3) is 10.8 Å². The summed E-state index contributed by atoms with van der Waals surface area (Å²) in [5.74, 6) is -1.71. The van der Waals surface area contributed by atoms with Gasteiger partial charge in [0.2, 0.25) is 11.8 Å². The lowest BCUT2D eigenvalue weighted by molar-refractivity contribution is -0.122. The molecular weight excluding hydrogens is 583 g/mol. The first-order valence-electron chi connectivity index (χ1n) is 13.7. The van der Waals surface area contributed by atoms with Crippen LogP contribution in [0.1, 0.15) is 21.9 Å². The highest BCUT2D eigenvalue weighted by Crippen LogP contribution is 2.53. The largest absolute Gasteiger partial charge is 0.484 e. The number of fused-ring (bicyclic) bond motifs is 3. The number of hydrogen-bond donors (Lipinski definition) is 2. The second-order valence-electron chi connectivity index (χ2n) is 10.6. The van der Waals surface area contributed by atoms with Gasteiger partial charge in [-0.05, 0) is 59.7 Å². The van der Waals surface area contributed by atoms with E-state index in [4.69, 9.17) is 4.74 Å². The van der Waals surface area contributed by atoms with Crippen molar-refractivity contribution in [1.29, 1.82) is 0 Å². The molecule has 1 aromatic heterocycles. The zero-order chi connectivity index (χ0) is 29.7. The van der Waals surface area contributed by atoms with E-state index in [2.05, 4.69) is 10.3 Å². The van der Waals surface area contributed by atoms with Gasteiger partial charge in [0, 0.05) is 16.5 Å². The third-order valence-electron chi connectivity index (χ3n) is 7.74. The molecule has 2 aliphatic rings. The van der Waals surface area contributed by atoms with Crippen molar-refractivity contribution in [2.75, 3.05) is 16.8 Å². The molecule has 43 heavy (non-hydrogen) atoms. The molecule has 2 N–H and O–H groups in total. The minimum absolute atomic E-state index is 0.218. The van der Waals surface area contributed by atoms with E-state index in [9.17, 15) is 19.2 Å². The van der Waals surface area contributed by atoms with E-state index in [1.54, 1.807) is 30.3 Å². The smallest absolute Gasteiger partial charge is 0.305 e. The predicted molar refractivity (Wildman–Crippen MR) is 168 cm³/mol.